The summed E-state index contributed by atoms with van der Waals surface area (Å²) in [6.07, 6.45) is -3.67. The molecule has 1 amide bonds. The van der Waals surface area contributed by atoms with Crippen molar-refractivity contribution in [3.8, 4) is 0 Å². The third-order valence-electron chi connectivity index (χ3n) is 11.4. The zero-order chi connectivity index (χ0) is 43.4. The molecule has 7 rings (SSSR count). The summed E-state index contributed by atoms with van der Waals surface area (Å²) in [6, 6.07) is 27.3. The zero-order valence-corrected chi connectivity index (χ0v) is 35.8. The van der Waals surface area contributed by atoms with Gasteiger partial charge in [0.05, 0.1) is 19.1 Å². The lowest BCUT2D eigenvalue weighted by Crippen LogP contribution is -2.59. The molecule has 2 N–H and O–H groups in total. The maximum absolute atomic E-state index is 14.8. The summed E-state index contributed by atoms with van der Waals surface area (Å²) in [7, 11) is 0. The summed E-state index contributed by atoms with van der Waals surface area (Å²) in [5, 5.41) is 15.4. The Kier molecular flexibility index (Phi) is 13.7. The van der Waals surface area contributed by atoms with E-state index in [0.717, 1.165) is 16.7 Å². The number of amides is 1. The number of rotatable bonds is 17. The van der Waals surface area contributed by atoms with Gasteiger partial charge in [0.15, 0.2) is 35.9 Å². The maximum atomic E-state index is 14.8. The third-order valence-corrected chi connectivity index (χ3v) is 11.4. The quantitative estimate of drug-likeness (QED) is 0.135. The van der Waals surface area contributed by atoms with Gasteiger partial charge in [0.25, 0.3) is 5.79 Å². The standard InChI is InChI=1S/C47H59NO13/c1-44(2)54-28-35(57-44)27-53-41(50)34(25-32-20-14-9-15-21-32)26-33(24-31-18-12-8-13-19-31)40(49)48-36(23-22-30-16-10-7-11-17-30)42(51)60-47(52)38(37-29-55-45(3,4)58-37)56-43-39(47)59-46(5,6)61-43/h7-21,33-39,43,52H,22-29H2,1-6H3,(H,48,49)/t33?,34-,35-,36+,37-,38-,39+,43?,47+/m1/s1. The molecule has 330 valence electrons. The highest BCUT2D eigenvalue weighted by molar-refractivity contribution is 5.86. The Hall–Kier alpha value is -4.25. The Morgan fingerprint density at radius 1 is 0.689 bits per heavy atom. The molecule has 0 spiro atoms. The van der Waals surface area contributed by atoms with Gasteiger partial charge in [0.2, 0.25) is 5.91 Å². The number of fused-ring (bicyclic) bond motifs is 1. The number of hydrogen-bond acceptors (Lipinski definition) is 13. The molecule has 0 aromatic heterocycles. The Balaban J connectivity index is 1.15. The minimum absolute atomic E-state index is 0.00652. The van der Waals surface area contributed by atoms with Gasteiger partial charge in [0, 0.05) is 5.92 Å². The molecular formula is C47H59NO13. The van der Waals surface area contributed by atoms with E-state index in [4.69, 9.17) is 42.6 Å². The molecule has 4 fully saturated rings. The van der Waals surface area contributed by atoms with Gasteiger partial charge in [-0.05, 0) is 90.3 Å². The van der Waals surface area contributed by atoms with Crippen LogP contribution in [0.4, 0.5) is 0 Å². The lowest BCUT2D eigenvalue weighted by molar-refractivity contribution is -0.303. The normalized spacial score (nSPS) is 28.7. The predicted molar refractivity (Wildman–Crippen MR) is 219 cm³/mol. The van der Waals surface area contributed by atoms with Crippen molar-refractivity contribution in [2.45, 2.75) is 134 Å². The number of aliphatic hydroxyl groups is 1. The highest BCUT2D eigenvalue weighted by atomic mass is 16.9. The molecule has 4 aliphatic rings. The molecule has 4 heterocycles. The maximum Gasteiger partial charge on any atom is 0.331 e. The molecule has 2 unspecified atom stereocenters. The minimum Gasteiger partial charge on any atom is -0.463 e. The van der Waals surface area contributed by atoms with Crippen LogP contribution in [0, 0.1) is 11.8 Å². The molecule has 3 aromatic carbocycles. The number of aryl methyl sites for hydroxylation is 1. The van der Waals surface area contributed by atoms with Gasteiger partial charge < -0.3 is 53.1 Å². The molecule has 0 saturated carbocycles. The Labute approximate surface area is 357 Å². The van der Waals surface area contributed by atoms with E-state index in [9.17, 15) is 19.5 Å². The van der Waals surface area contributed by atoms with Crippen LogP contribution >= 0.6 is 0 Å². The van der Waals surface area contributed by atoms with Crippen molar-refractivity contribution in [2.75, 3.05) is 19.8 Å². The molecule has 3 aromatic rings. The van der Waals surface area contributed by atoms with Crippen molar-refractivity contribution in [3.05, 3.63) is 108 Å². The molecule has 4 saturated heterocycles. The van der Waals surface area contributed by atoms with E-state index in [1.807, 2.05) is 91.0 Å². The van der Waals surface area contributed by atoms with Crippen LogP contribution in [0.3, 0.4) is 0 Å². The number of hydrogen-bond donors (Lipinski definition) is 2. The smallest absolute Gasteiger partial charge is 0.331 e. The van der Waals surface area contributed by atoms with Crippen LogP contribution in [0.15, 0.2) is 91.0 Å². The highest BCUT2D eigenvalue weighted by Crippen LogP contribution is 2.47. The van der Waals surface area contributed by atoms with Crippen LogP contribution in [0.2, 0.25) is 0 Å². The number of carbonyl (C=O) groups excluding carboxylic acids is 3. The van der Waals surface area contributed by atoms with E-state index in [-0.39, 0.29) is 39.1 Å². The molecule has 14 nitrogen and oxygen atoms in total. The van der Waals surface area contributed by atoms with Crippen molar-refractivity contribution < 1.29 is 62.1 Å². The Bertz CT molecular complexity index is 1940. The van der Waals surface area contributed by atoms with Gasteiger partial charge in [-0.1, -0.05) is 91.0 Å². The van der Waals surface area contributed by atoms with E-state index in [2.05, 4.69) is 5.32 Å². The molecule has 0 aliphatic carbocycles. The number of ether oxygens (including phenoxy) is 9. The summed E-state index contributed by atoms with van der Waals surface area (Å²) < 4.78 is 53.6. The average molecular weight is 846 g/mol. The summed E-state index contributed by atoms with van der Waals surface area (Å²) in [5.74, 6) is -8.72. The van der Waals surface area contributed by atoms with Crippen molar-refractivity contribution >= 4 is 17.8 Å². The van der Waals surface area contributed by atoms with Gasteiger partial charge in [-0.2, -0.15) is 0 Å². The SMILES string of the molecule is CC1(C)OC[C@@H](COC(=O)[C@H](Cc2ccccc2)CC(Cc2ccccc2)C(=O)N[C@@H](CCc2ccccc2)C(=O)O[C@@]2(O)[C@@H]([C@H]3COC(C)(C)O3)OC3OC(C)(C)O[C@@H]32)O1. The minimum atomic E-state index is -2.39. The lowest BCUT2D eigenvalue weighted by atomic mass is 9.85. The zero-order valence-electron chi connectivity index (χ0n) is 35.8. The predicted octanol–water partition coefficient (Wildman–Crippen LogP) is 5.17. The monoisotopic (exact) mass is 845 g/mol. The fourth-order valence-corrected chi connectivity index (χ4v) is 8.40. The summed E-state index contributed by atoms with van der Waals surface area (Å²) in [6.45, 7) is 10.7. The lowest BCUT2D eigenvalue weighted by Gasteiger charge is -2.36. The van der Waals surface area contributed by atoms with Crippen molar-refractivity contribution in [3.63, 3.8) is 0 Å². The Morgan fingerprint density at radius 3 is 1.84 bits per heavy atom. The van der Waals surface area contributed by atoms with Crippen LogP contribution < -0.4 is 5.32 Å². The van der Waals surface area contributed by atoms with E-state index in [1.54, 1.807) is 41.5 Å². The third kappa shape index (κ3) is 11.4. The van der Waals surface area contributed by atoms with Crippen molar-refractivity contribution in [1.29, 1.82) is 0 Å². The average Bonchev–Trinajstić information content (AvgIpc) is 3.94. The van der Waals surface area contributed by atoms with Gasteiger partial charge in [0.1, 0.15) is 24.9 Å². The fourth-order valence-electron chi connectivity index (χ4n) is 8.40. The summed E-state index contributed by atoms with van der Waals surface area (Å²) in [4.78, 5) is 43.4. The van der Waals surface area contributed by atoms with Crippen molar-refractivity contribution in [1.82, 2.24) is 5.32 Å². The first-order valence-corrected chi connectivity index (χ1v) is 21.2. The van der Waals surface area contributed by atoms with E-state index in [1.165, 1.54) is 0 Å². The topological polar surface area (TPSA) is 167 Å². The first-order chi connectivity index (χ1) is 29.0. The highest BCUT2D eigenvalue weighted by Gasteiger charge is 2.69. The van der Waals surface area contributed by atoms with Gasteiger partial charge in [-0.3, -0.25) is 9.59 Å². The van der Waals surface area contributed by atoms with Crippen molar-refractivity contribution in [2.24, 2.45) is 11.8 Å². The molecule has 0 bridgehead atoms. The summed E-state index contributed by atoms with van der Waals surface area (Å²) in [5.41, 5.74) is 2.69. The largest absolute Gasteiger partial charge is 0.463 e. The van der Waals surface area contributed by atoms with Gasteiger partial charge in [-0.25, -0.2) is 4.79 Å². The van der Waals surface area contributed by atoms with Gasteiger partial charge >= 0.3 is 11.9 Å². The molecule has 0 radical (unpaired) electrons. The van der Waals surface area contributed by atoms with E-state index >= 15 is 0 Å². The number of benzene rings is 3. The molecule has 61 heavy (non-hydrogen) atoms. The number of nitrogens with one attached hydrogen (secondary N) is 1. The second kappa shape index (κ2) is 18.6. The second-order valence-corrected chi connectivity index (χ2v) is 17.7. The summed E-state index contributed by atoms with van der Waals surface area (Å²) >= 11 is 0. The fraction of sp³-hybridized carbons (Fsp3) is 0.553. The van der Waals surface area contributed by atoms with Crippen LogP contribution in [-0.2, 0) is 76.3 Å². The van der Waals surface area contributed by atoms with E-state index < -0.39 is 89.6 Å². The first kappa shape index (κ1) is 44.8. The number of carbonyl (C=O) groups is 3. The van der Waals surface area contributed by atoms with Crippen LogP contribution in [-0.4, -0.2) is 103 Å². The van der Waals surface area contributed by atoms with Crippen LogP contribution in [0.5, 0.6) is 0 Å². The molecular weight excluding hydrogens is 787 g/mol. The van der Waals surface area contributed by atoms with Crippen LogP contribution in [0.1, 0.15) is 71.1 Å². The molecule has 14 heteroatoms. The Morgan fingerprint density at radius 2 is 1.26 bits per heavy atom. The van der Waals surface area contributed by atoms with Gasteiger partial charge in [-0.15, -0.1) is 0 Å². The first-order valence-electron chi connectivity index (χ1n) is 21.2. The molecule has 4 aliphatic heterocycles. The van der Waals surface area contributed by atoms with E-state index in [0.29, 0.717) is 12.8 Å². The number of esters is 2. The molecule has 9 atom stereocenters. The van der Waals surface area contributed by atoms with Crippen LogP contribution in [0.25, 0.3) is 0 Å². The second-order valence-electron chi connectivity index (χ2n) is 17.7.